The lowest BCUT2D eigenvalue weighted by Gasteiger charge is -2.31. The third kappa shape index (κ3) is 4.38. The lowest BCUT2D eigenvalue weighted by atomic mass is 9.85. The van der Waals surface area contributed by atoms with Gasteiger partial charge in [0.25, 0.3) is 0 Å². The van der Waals surface area contributed by atoms with Crippen molar-refractivity contribution in [2.75, 3.05) is 6.54 Å². The second-order valence-electron chi connectivity index (χ2n) is 4.36. The highest BCUT2D eigenvalue weighted by Gasteiger charge is 2.41. The zero-order valence-corrected chi connectivity index (χ0v) is 8.85. The number of hydrogen-bond acceptors (Lipinski definition) is 2. The Labute approximate surface area is 87.9 Å². The Balaban J connectivity index is 2.36. The molecule has 0 bridgehead atoms. The quantitative estimate of drug-likeness (QED) is 0.770. The normalized spacial score (nSPS) is 30.2. The Morgan fingerprint density at radius 3 is 2.60 bits per heavy atom. The van der Waals surface area contributed by atoms with Gasteiger partial charge in [0, 0.05) is 12.6 Å². The van der Waals surface area contributed by atoms with Gasteiger partial charge in [-0.15, -0.1) is 0 Å². The van der Waals surface area contributed by atoms with E-state index in [1.54, 1.807) is 6.92 Å². The Morgan fingerprint density at radius 1 is 1.40 bits per heavy atom. The molecule has 0 aliphatic heterocycles. The van der Waals surface area contributed by atoms with Gasteiger partial charge in [0.1, 0.15) is 0 Å². The van der Waals surface area contributed by atoms with Gasteiger partial charge in [0.15, 0.2) is 0 Å². The van der Waals surface area contributed by atoms with Crippen LogP contribution in [0.3, 0.4) is 0 Å². The number of nitrogens with one attached hydrogen (secondary N) is 1. The van der Waals surface area contributed by atoms with Crippen molar-refractivity contribution in [3.05, 3.63) is 0 Å². The standard InChI is InChI=1S/C10H18F3NO/c1-7(15)6-14-9-4-2-3-8(5-9)10(11,12)13/h7-9,14-15H,2-6H2,1H3. The van der Waals surface area contributed by atoms with E-state index in [2.05, 4.69) is 5.32 Å². The van der Waals surface area contributed by atoms with Crippen LogP contribution in [0.4, 0.5) is 13.2 Å². The van der Waals surface area contributed by atoms with Crippen LogP contribution in [-0.4, -0.2) is 30.0 Å². The van der Waals surface area contributed by atoms with Crippen LogP contribution in [0.5, 0.6) is 0 Å². The van der Waals surface area contributed by atoms with Crippen molar-refractivity contribution in [3.8, 4) is 0 Å². The summed E-state index contributed by atoms with van der Waals surface area (Å²) in [4.78, 5) is 0. The van der Waals surface area contributed by atoms with Gasteiger partial charge in [0.2, 0.25) is 0 Å². The molecule has 0 aromatic heterocycles. The maximum atomic E-state index is 12.4. The number of aliphatic hydroxyl groups is 1. The summed E-state index contributed by atoms with van der Waals surface area (Å²) in [5.74, 6) is -1.17. The summed E-state index contributed by atoms with van der Waals surface area (Å²) >= 11 is 0. The van der Waals surface area contributed by atoms with E-state index in [-0.39, 0.29) is 18.9 Å². The highest BCUT2D eigenvalue weighted by Crippen LogP contribution is 2.37. The van der Waals surface area contributed by atoms with Crippen molar-refractivity contribution in [1.82, 2.24) is 5.32 Å². The molecule has 0 aromatic carbocycles. The first kappa shape index (κ1) is 12.8. The summed E-state index contributed by atoms with van der Waals surface area (Å²) in [6.07, 6.45) is -2.78. The first-order valence-electron chi connectivity index (χ1n) is 5.37. The average Bonchev–Trinajstić information content (AvgIpc) is 2.14. The van der Waals surface area contributed by atoms with Crippen LogP contribution < -0.4 is 5.32 Å². The molecule has 90 valence electrons. The molecule has 0 heterocycles. The lowest BCUT2D eigenvalue weighted by molar-refractivity contribution is -0.183. The molecule has 0 radical (unpaired) electrons. The van der Waals surface area contributed by atoms with E-state index >= 15 is 0 Å². The number of halogens is 3. The Kier molecular flexibility index (Phi) is 4.40. The third-order valence-electron chi connectivity index (χ3n) is 2.84. The fraction of sp³-hybridized carbons (Fsp3) is 1.00. The van der Waals surface area contributed by atoms with E-state index in [4.69, 9.17) is 5.11 Å². The molecule has 3 unspecified atom stereocenters. The summed E-state index contributed by atoms with van der Waals surface area (Å²) in [6, 6.07) is -0.0972. The van der Waals surface area contributed by atoms with E-state index in [0.717, 1.165) is 6.42 Å². The van der Waals surface area contributed by atoms with Gasteiger partial charge in [-0.05, 0) is 26.2 Å². The number of alkyl halides is 3. The smallest absolute Gasteiger partial charge is 0.391 e. The molecule has 1 saturated carbocycles. The first-order valence-corrected chi connectivity index (χ1v) is 5.37. The van der Waals surface area contributed by atoms with Gasteiger partial charge in [-0.2, -0.15) is 13.2 Å². The fourth-order valence-electron chi connectivity index (χ4n) is 2.01. The average molecular weight is 225 g/mol. The van der Waals surface area contributed by atoms with Crippen molar-refractivity contribution >= 4 is 0 Å². The molecule has 0 spiro atoms. The van der Waals surface area contributed by atoms with Crippen molar-refractivity contribution in [1.29, 1.82) is 0 Å². The minimum atomic E-state index is -4.06. The zero-order chi connectivity index (χ0) is 11.5. The largest absolute Gasteiger partial charge is 0.392 e. The molecular formula is C10H18F3NO. The van der Waals surface area contributed by atoms with E-state index in [1.165, 1.54) is 0 Å². The van der Waals surface area contributed by atoms with Gasteiger partial charge in [-0.1, -0.05) is 6.42 Å². The molecule has 2 nitrogen and oxygen atoms in total. The molecule has 0 saturated heterocycles. The summed E-state index contributed by atoms with van der Waals surface area (Å²) < 4.78 is 37.3. The van der Waals surface area contributed by atoms with Gasteiger partial charge in [-0.3, -0.25) is 0 Å². The molecule has 15 heavy (non-hydrogen) atoms. The highest BCUT2D eigenvalue weighted by molar-refractivity contribution is 4.81. The molecule has 3 atom stereocenters. The van der Waals surface area contributed by atoms with E-state index in [1.807, 2.05) is 0 Å². The van der Waals surface area contributed by atoms with Crippen LogP contribution in [0.15, 0.2) is 0 Å². The molecule has 1 aliphatic carbocycles. The molecule has 1 fully saturated rings. The third-order valence-corrected chi connectivity index (χ3v) is 2.84. The molecule has 0 amide bonds. The van der Waals surface area contributed by atoms with Gasteiger partial charge >= 0.3 is 6.18 Å². The minimum Gasteiger partial charge on any atom is -0.392 e. The van der Waals surface area contributed by atoms with Gasteiger partial charge in [-0.25, -0.2) is 0 Å². The zero-order valence-electron chi connectivity index (χ0n) is 8.85. The minimum absolute atomic E-state index is 0.0972. The monoisotopic (exact) mass is 225 g/mol. The Hall–Kier alpha value is -0.290. The highest BCUT2D eigenvalue weighted by atomic mass is 19.4. The maximum absolute atomic E-state index is 12.4. The summed E-state index contributed by atoms with van der Waals surface area (Å²) in [7, 11) is 0. The molecule has 0 aromatic rings. The van der Waals surface area contributed by atoms with Crippen LogP contribution >= 0.6 is 0 Å². The molecule has 2 N–H and O–H groups in total. The van der Waals surface area contributed by atoms with Crippen LogP contribution in [0.1, 0.15) is 32.6 Å². The Morgan fingerprint density at radius 2 is 2.07 bits per heavy atom. The number of hydrogen-bond donors (Lipinski definition) is 2. The van der Waals surface area contributed by atoms with Crippen molar-refractivity contribution in [3.63, 3.8) is 0 Å². The topological polar surface area (TPSA) is 32.3 Å². The SMILES string of the molecule is CC(O)CNC1CCCC(C(F)(F)F)C1. The lowest BCUT2D eigenvalue weighted by Crippen LogP contribution is -2.41. The van der Waals surface area contributed by atoms with Gasteiger partial charge < -0.3 is 10.4 Å². The van der Waals surface area contributed by atoms with E-state index in [9.17, 15) is 13.2 Å². The van der Waals surface area contributed by atoms with Gasteiger partial charge in [0.05, 0.1) is 12.0 Å². The van der Waals surface area contributed by atoms with Crippen LogP contribution in [0.25, 0.3) is 0 Å². The van der Waals surface area contributed by atoms with Crippen molar-refractivity contribution < 1.29 is 18.3 Å². The molecule has 5 heteroatoms. The van der Waals surface area contributed by atoms with Crippen LogP contribution in [0, 0.1) is 5.92 Å². The van der Waals surface area contributed by atoms with E-state index in [0.29, 0.717) is 13.0 Å². The second-order valence-corrected chi connectivity index (χ2v) is 4.36. The molecule has 1 rings (SSSR count). The molecule has 1 aliphatic rings. The number of aliphatic hydroxyl groups excluding tert-OH is 1. The maximum Gasteiger partial charge on any atom is 0.391 e. The molecular weight excluding hydrogens is 207 g/mol. The number of rotatable bonds is 3. The summed E-state index contributed by atoms with van der Waals surface area (Å²) in [5, 5.41) is 12.0. The fourth-order valence-corrected chi connectivity index (χ4v) is 2.01. The van der Waals surface area contributed by atoms with E-state index < -0.39 is 18.2 Å². The predicted octanol–water partition coefficient (Wildman–Crippen LogP) is 2.08. The summed E-state index contributed by atoms with van der Waals surface area (Å²) in [5.41, 5.74) is 0. The summed E-state index contributed by atoms with van der Waals surface area (Å²) in [6.45, 7) is 1.99. The van der Waals surface area contributed by atoms with Crippen LogP contribution in [0.2, 0.25) is 0 Å². The Bertz CT molecular complexity index is 194. The van der Waals surface area contributed by atoms with Crippen molar-refractivity contribution in [2.45, 2.75) is 50.9 Å². The van der Waals surface area contributed by atoms with Crippen molar-refractivity contribution in [2.24, 2.45) is 5.92 Å². The first-order chi connectivity index (χ1) is 6.89. The second kappa shape index (κ2) is 5.16. The predicted molar refractivity (Wildman–Crippen MR) is 51.5 cm³/mol. The van der Waals surface area contributed by atoms with Crippen LogP contribution in [-0.2, 0) is 0 Å².